The molecule has 0 aromatic heterocycles. The van der Waals surface area contributed by atoms with E-state index in [4.69, 9.17) is 27.9 Å². The molecule has 0 aliphatic carbocycles. The third-order valence-electron chi connectivity index (χ3n) is 2.93. The van der Waals surface area contributed by atoms with Gasteiger partial charge in [0.1, 0.15) is 12.4 Å². The molecule has 0 radical (unpaired) electrons. The fraction of sp³-hybridized carbons (Fsp3) is 0.188. The Bertz CT molecular complexity index is 632. The maximum absolute atomic E-state index is 12.0. The molecule has 0 saturated heterocycles. The summed E-state index contributed by atoms with van der Waals surface area (Å²) < 4.78 is 5.55. The number of ether oxygens (including phenoxy) is 1. The highest BCUT2D eigenvalue weighted by atomic mass is 35.5. The highest BCUT2D eigenvalue weighted by Crippen LogP contribution is 2.17. The van der Waals surface area contributed by atoms with Crippen LogP contribution in [0.5, 0.6) is 5.75 Å². The van der Waals surface area contributed by atoms with Gasteiger partial charge in [0.2, 0.25) is 0 Å². The van der Waals surface area contributed by atoms with Gasteiger partial charge in [-0.15, -0.1) is 0 Å². The van der Waals surface area contributed by atoms with Crippen LogP contribution < -0.4 is 10.1 Å². The topological polar surface area (TPSA) is 41.6 Å². The van der Waals surface area contributed by atoms with Crippen molar-refractivity contribution in [3.8, 4) is 5.75 Å². The lowest BCUT2D eigenvalue weighted by molar-refractivity contribution is 0.207. The van der Waals surface area contributed by atoms with Gasteiger partial charge in [-0.3, -0.25) is 0 Å². The largest absolute Gasteiger partial charge is 0.492 e. The van der Waals surface area contributed by atoms with Gasteiger partial charge in [0.15, 0.2) is 0 Å². The van der Waals surface area contributed by atoms with Crippen LogP contribution in [0.15, 0.2) is 48.5 Å². The number of halogens is 2. The Labute approximate surface area is 139 Å². The van der Waals surface area contributed by atoms with E-state index in [0.717, 1.165) is 0 Å². The van der Waals surface area contributed by atoms with Crippen LogP contribution in [0.25, 0.3) is 0 Å². The van der Waals surface area contributed by atoms with Crippen LogP contribution in [0.4, 0.5) is 10.5 Å². The quantitative estimate of drug-likeness (QED) is 0.869. The van der Waals surface area contributed by atoms with E-state index in [1.807, 2.05) is 12.1 Å². The monoisotopic (exact) mass is 338 g/mol. The number of hydrogen-bond donors (Lipinski definition) is 1. The number of rotatable bonds is 5. The molecule has 22 heavy (non-hydrogen) atoms. The zero-order valence-corrected chi connectivity index (χ0v) is 13.6. The lowest BCUT2D eigenvalue weighted by atomic mass is 10.3. The molecule has 0 atom stereocenters. The van der Waals surface area contributed by atoms with E-state index in [-0.39, 0.29) is 6.03 Å². The normalized spacial score (nSPS) is 10.1. The van der Waals surface area contributed by atoms with Crippen molar-refractivity contribution in [1.82, 2.24) is 4.90 Å². The Morgan fingerprint density at radius 1 is 1.14 bits per heavy atom. The molecule has 0 bridgehead atoms. The number of nitrogens with one attached hydrogen (secondary N) is 1. The van der Waals surface area contributed by atoms with Crippen molar-refractivity contribution in [2.45, 2.75) is 0 Å². The van der Waals surface area contributed by atoms with Crippen molar-refractivity contribution < 1.29 is 9.53 Å². The Hall–Kier alpha value is -1.91. The van der Waals surface area contributed by atoms with Crippen molar-refractivity contribution in [3.05, 3.63) is 58.6 Å². The highest BCUT2D eigenvalue weighted by molar-refractivity contribution is 6.31. The first kappa shape index (κ1) is 16.5. The molecule has 0 unspecified atom stereocenters. The van der Waals surface area contributed by atoms with Gasteiger partial charge in [-0.25, -0.2) is 4.79 Å². The smallest absolute Gasteiger partial charge is 0.321 e. The molecule has 4 nitrogen and oxygen atoms in total. The van der Waals surface area contributed by atoms with Gasteiger partial charge in [-0.2, -0.15) is 0 Å². The Kier molecular flexibility index (Phi) is 5.92. The summed E-state index contributed by atoms with van der Waals surface area (Å²) in [5, 5.41) is 4.02. The van der Waals surface area contributed by atoms with E-state index >= 15 is 0 Å². The average molecular weight is 339 g/mol. The molecule has 0 aliphatic heterocycles. The standard InChI is InChI=1S/C16H16Cl2N2O2/c1-20(9-10-22-15-4-2-3-13(18)11-15)16(21)19-14-7-5-12(17)6-8-14/h2-8,11H,9-10H2,1H3,(H,19,21). The molecule has 116 valence electrons. The molecule has 6 heteroatoms. The number of hydrogen-bond acceptors (Lipinski definition) is 2. The first-order chi connectivity index (χ1) is 10.5. The van der Waals surface area contributed by atoms with Gasteiger partial charge in [0, 0.05) is 22.8 Å². The van der Waals surface area contributed by atoms with Crippen LogP contribution in [0.3, 0.4) is 0 Å². The van der Waals surface area contributed by atoms with Crippen LogP contribution in [-0.4, -0.2) is 31.1 Å². The minimum absolute atomic E-state index is 0.211. The van der Waals surface area contributed by atoms with Gasteiger partial charge in [-0.1, -0.05) is 29.3 Å². The van der Waals surface area contributed by atoms with Gasteiger partial charge in [-0.05, 0) is 42.5 Å². The molecule has 2 amide bonds. The van der Waals surface area contributed by atoms with Crippen molar-refractivity contribution in [2.75, 3.05) is 25.5 Å². The third-order valence-corrected chi connectivity index (χ3v) is 3.42. The molecule has 2 aromatic rings. The second-order valence-corrected chi connectivity index (χ2v) is 5.54. The molecule has 1 N–H and O–H groups in total. The van der Waals surface area contributed by atoms with Gasteiger partial charge in [0.05, 0.1) is 6.54 Å². The SMILES string of the molecule is CN(CCOc1cccc(Cl)c1)C(=O)Nc1ccc(Cl)cc1. The van der Waals surface area contributed by atoms with Crippen LogP contribution in [-0.2, 0) is 0 Å². The maximum Gasteiger partial charge on any atom is 0.321 e. The number of urea groups is 1. The van der Waals surface area contributed by atoms with Gasteiger partial charge < -0.3 is 15.0 Å². The number of anilines is 1. The average Bonchev–Trinajstić information content (AvgIpc) is 2.49. The molecule has 2 rings (SSSR count). The lowest BCUT2D eigenvalue weighted by Crippen LogP contribution is -2.34. The summed E-state index contributed by atoms with van der Waals surface area (Å²) >= 11 is 11.7. The van der Waals surface area contributed by atoms with Crippen molar-refractivity contribution in [2.24, 2.45) is 0 Å². The second-order valence-electron chi connectivity index (χ2n) is 4.66. The summed E-state index contributed by atoms with van der Waals surface area (Å²) in [6.45, 7) is 0.830. The van der Waals surface area contributed by atoms with E-state index in [9.17, 15) is 4.79 Å². The number of carbonyl (C=O) groups is 1. The van der Waals surface area contributed by atoms with Crippen LogP contribution in [0, 0.1) is 0 Å². The lowest BCUT2D eigenvalue weighted by Gasteiger charge is -2.18. The highest BCUT2D eigenvalue weighted by Gasteiger charge is 2.08. The van der Waals surface area contributed by atoms with E-state index in [1.54, 1.807) is 48.3 Å². The summed E-state index contributed by atoms with van der Waals surface area (Å²) in [5.41, 5.74) is 0.692. The first-order valence-electron chi connectivity index (χ1n) is 6.70. The van der Waals surface area contributed by atoms with Gasteiger partial charge >= 0.3 is 6.03 Å². The van der Waals surface area contributed by atoms with Crippen molar-refractivity contribution in [3.63, 3.8) is 0 Å². The predicted molar refractivity (Wildman–Crippen MR) is 90.0 cm³/mol. The molecule has 0 saturated carbocycles. The van der Waals surface area contributed by atoms with E-state index in [1.165, 1.54) is 0 Å². The van der Waals surface area contributed by atoms with E-state index in [2.05, 4.69) is 5.32 Å². The molecule has 0 fully saturated rings. The number of carbonyl (C=O) groups excluding carboxylic acids is 1. The Morgan fingerprint density at radius 2 is 1.86 bits per heavy atom. The molecule has 2 aromatic carbocycles. The molecule has 0 spiro atoms. The Balaban J connectivity index is 1.77. The third kappa shape index (κ3) is 5.13. The molecule has 0 heterocycles. The van der Waals surface area contributed by atoms with Crippen LogP contribution in [0.2, 0.25) is 10.0 Å². The summed E-state index contributed by atoms with van der Waals surface area (Å²) in [6.07, 6.45) is 0. The Morgan fingerprint density at radius 3 is 2.55 bits per heavy atom. The maximum atomic E-state index is 12.0. The summed E-state index contributed by atoms with van der Waals surface area (Å²) in [7, 11) is 1.70. The zero-order valence-electron chi connectivity index (χ0n) is 12.1. The fourth-order valence-corrected chi connectivity index (χ4v) is 2.02. The van der Waals surface area contributed by atoms with Crippen molar-refractivity contribution >= 4 is 34.9 Å². The minimum Gasteiger partial charge on any atom is -0.492 e. The van der Waals surface area contributed by atoms with E-state index < -0.39 is 0 Å². The molecular weight excluding hydrogens is 323 g/mol. The number of nitrogens with zero attached hydrogens (tertiary/aromatic N) is 1. The fourth-order valence-electron chi connectivity index (χ4n) is 1.71. The zero-order chi connectivity index (χ0) is 15.9. The number of amides is 2. The van der Waals surface area contributed by atoms with Crippen LogP contribution in [0.1, 0.15) is 0 Å². The van der Waals surface area contributed by atoms with Gasteiger partial charge in [0.25, 0.3) is 0 Å². The number of likely N-dealkylation sites (N-methyl/N-ethyl adjacent to an activating group) is 1. The minimum atomic E-state index is -0.211. The summed E-state index contributed by atoms with van der Waals surface area (Å²) in [6, 6.07) is 13.9. The second kappa shape index (κ2) is 7.92. The van der Waals surface area contributed by atoms with E-state index in [0.29, 0.717) is 34.6 Å². The molecule has 0 aliphatic rings. The first-order valence-corrected chi connectivity index (χ1v) is 7.46. The summed E-state index contributed by atoms with van der Waals surface area (Å²) in [4.78, 5) is 13.5. The number of benzene rings is 2. The molecular formula is C16H16Cl2N2O2. The van der Waals surface area contributed by atoms with Crippen LogP contribution >= 0.6 is 23.2 Å². The van der Waals surface area contributed by atoms with Crippen molar-refractivity contribution in [1.29, 1.82) is 0 Å². The predicted octanol–water partition coefficient (Wildman–Crippen LogP) is 4.54. The summed E-state index contributed by atoms with van der Waals surface area (Å²) in [5.74, 6) is 0.680.